The summed E-state index contributed by atoms with van der Waals surface area (Å²) in [6.45, 7) is 2.14. The number of hydrogen-bond acceptors (Lipinski definition) is 5. The molecule has 0 aliphatic carbocycles. The first kappa shape index (κ1) is 20.1. The number of imidazole rings is 1. The van der Waals surface area contributed by atoms with Crippen molar-refractivity contribution >= 4 is 18.3 Å². The van der Waals surface area contributed by atoms with Crippen molar-refractivity contribution in [1.29, 1.82) is 0 Å². The molecule has 26 heavy (non-hydrogen) atoms. The van der Waals surface area contributed by atoms with Gasteiger partial charge < -0.3 is 24.3 Å². The molecule has 0 saturated carbocycles. The van der Waals surface area contributed by atoms with Crippen LogP contribution in [0.5, 0.6) is 11.5 Å². The van der Waals surface area contributed by atoms with Crippen LogP contribution in [-0.2, 0) is 18.3 Å². The number of aryl methyl sites for hydroxylation is 1. The second-order valence-electron chi connectivity index (χ2n) is 6.06. The maximum absolute atomic E-state index is 13.0. The summed E-state index contributed by atoms with van der Waals surface area (Å²) in [5.74, 6) is 2.35. The predicted octanol–water partition coefficient (Wildman–Crippen LogP) is 1.57. The number of hydrogen-bond donors (Lipinski definition) is 1. The number of benzene rings is 1. The number of halogens is 1. The van der Waals surface area contributed by atoms with Crippen molar-refractivity contribution in [3.63, 3.8) is 0 Å². The third-order valence-electron chi connectivity index (χ3n) is 4.55. The van der Waals surface area contributed by atoms with E-state index in [9.17, 15) is 4.79 Å². The van der Waals surface area contributed by atoms with Crippen LogP contribution in [0, 0.1) is 0 Å². The van der Waals surface area contributed by atoms with Gasteiger partial charge in [0.1, 0.15) is 23.4 Å². The first-order valence-electron chi connectivity index (χ1n) is 8.32. The number of carbonyl (C=O) groups excluding carboxylic acids is 1. The Morgan fingerprint density at radius 1 is 1.35 bits per heavy atom. The highest BCUT2D eigenvalue weighted by molar-refractivity contribution is 5.85. The lowest BCUT2D eigenvalue weighted by molar-refractivity contribution is -0.134. The van der Waals surface area contributed by atoms with Crippen molar-refractivity contribution < 1.29 is 14.3 Å². The third-order valence-corrected chi connectivity index (χ3v) is 4.55. The molecule has 142 valence electrons. The molecule has 1 aliphatic rings. The Hall–Kier alpha value is -2.25. The van der Waals surface area contributed by atoms with E-state index in [1.165, 1.54) is 0 Å². The highest BCUT2D eigenvalue weighted by atomic mass is 35.5. The SMILES string of the molecule is COc1ccc(OC)c(CC(=O)N2CCNCC2c2nccn2C)c1.Cl. The van der Waals surface area contributed by atoms with Crippen LogP contribution in [0.15, 0.2) is 30.6 Å². The number of piperazine rings is 1. The number of carbonyl (C=O) groups is 1. The minimum atomic E-state index is -0.0714. The number of aromatic nitrogens is 2. The standard InChI is InChI=1S/C18H24N4O3.ClH/c1-21-8-7-20-18(21)15-12-19-6-9-22(15)17(23)11-13-10-14(24-2)4-5-16(13)25-3;/h4-5,7-8,10,15,19H,6,9,11-12H2,1-3H3;1H. The van der Waals surface area contributed by atoms with E-state index in [4.69, 9.17) is 9.47 Å². The van der Waals surface area contributed by atoms with Crippen LogP contribution in [0.25, 0.3) is 0 Å². The van der Waals surface area contributed by atoms with Crippen molar-refractivity contribution in [1.82, 2.24) is 19.8 Å². The number of ether oxygens (including phenoxy) is 2. The zero-order valence-corrected chi connectivity index (χ0v) is 16.1. The van der Waals surface area contributed by atoms with Crippen LogP contribution < -0.4 is 14.8 Å². The molecule has 1 aromatic carbocycles. The molecule has 0 spiro atoms. The predicted molar refractivity (Wildman–Crippen MR) is 101 cm³/mol. The van der Waals surface area contributed by atoms with Gasteiger partial charge >= 0.3 is 0 Å². The Labute approximate surface area is 159 Å². The second-order valence-corrected chi connectivity index (χ2v) is 6.06. The lowest BCUT2D eigenvalue weighted by atomic mass is 10.1. The summed E-state index contributed by atoms with van der Waals surface area (Å²) in [5.41, 5.74) is 0.823. The van der Waals surface area contributed by atoms with E-state index in [1.54, 1.807) is 20.4 Å². The van der Waals surface area contributed by atoms with Crippen LogP contribution in [0.4, 0.5) is 0 Å². The highest BCUT2D eigenvalue weighted by Crippen LogP contribution is 2.27. The number of rotatable bonds is 5. The fraction of sp³-hybridized carbons (Fsp3) is 0.444. The monoisotopic (exact) mass is 380 g/mol. The van der Waals surface area contributed by atoms with Crippen molar-refractivity contribution in [2.24, 2.45) is 7.05 Å². The van der Waals surface area contributed by atoms with Crippen LogP contribution in [0.2, 0.25) is 0 Å². The minimum Gasteiger partial charge on any atom is -0.497 e. The molecule has 1 fully saturated rings. The molecule has 8 heteroatoms. The fourth-order valence-corrected chi connectivity index (χ4v) is 3.22. The quantitative estimate of drug-likeness (QED) is 0.852. The highest BCUT2D eigenvalue weighted by Gasteiger charge is 2.30. The molecule has 2 aromatic rings. The molecule has 7 nitrogen and oxygen atoms in total. The van der Waals surface area contributed by atoms with Crippen molar-refractivity contribution in [3.8, 4) is 11.5 Å². The fourth-order valence-electron chi connectivity index (χ4n) is 3.22. The van der Waals surface area contributed by atoms with Gasteiger partial charge in [-0.2, -0.15) is 0 Å². The van der Waals surface area contributed by atoms with Crippen LogP contribution in [-0.4, -0.2) is 54.2 Å². The molecule has 1 saturated heterocycles. The Bertz CT molecular complexity index is 750. The number of nitrogens with one attached hydrogen (secondary N) is 1. The molecule has 0 bridgehead atoms. The lowest BCUT2D eigenvalue weighted by Gasteiger charge is -2.36. The lowest BCUT2D eigenvalue weighted by Crippen LogP contribution is -2.49. The van der Waals surface area contributed by atoms with Gasteiger partial charge in [-0.05, 0) is 18.2 Å². The molecule has 0 radical (unpaired) electrons. The topological polar surface area (TPSA) is 68.6 Å². The van der Waals surface area contributed by atoms with E-state index in [2.05, 4.69) is 10.3 Å². The van der Waals surface area contributed by atoms with E-state index in [0.29, 0.717) is 24.6 Å². The molecule has 2 heterocycles. The van der Waals surface area contributed by atoms with Gasteiger partial charge in [0.25, 0.3) is 0 Å². The van der Waals surface area contributed by atoms with Gasteiger partial charge in [-0.1, -0.05) is 0 Å². The Balaban J connectivity index is 0.00000243. The van der Waals surface area contributed by atoms with Gasteiger partial charge in [0, 0.05) is 44.6 Å². The summed E-state index contributed by atoms with van der Waals surface area (Å²) in [7, 11) is 5.17. The first-order valence-corrected chi connectivity index (χ1v) is 8.32. The maximum Gasteiger partial charge on any atom is 0.227 e. The van der Waals surface area contributed by atoms with Crippen molar-refractivity contribution in [2.45, 2.75) is 12.5 Å². The summed E-state index contributed by atoms with van der Waals surface area (Å²) >= 11 is 0. The van der Waals surface area contributed by atoms with Gasteiger partial charge in [-0.3, -0.25) is 4.79 Å². The first-order chi connectivity index (χ1) is 12.1. The summed E-state index contributed by atoms with van der Waals surface area (Å²) in [6, 6.07) is 5.44. The zero-order chi connectivity index (χ0) is 17.8. The molecular weight excluding hydrogens is 356 g/mol. The molecule has 1 aromatic heterocycles. The smallest absolute Gasteiger partial charge is 0.227 e. The molecule has 1 N–H and O–H groups in total. The van der Waals surface area contributed by atoms with E-state index in [1.807, 2.05) is 40.9 Å². The molecule has 1 unspecified atom stereocenters. The van der Waals surface area contributed by atoms with E-state index in [-0.39, 0.29) is 30.8 Å². The molecule has 3 rings (SSSR count). The van der Waals surface area contributed by atoms with Crippen molar-refractivity contribution in [3.05, 3.63) is 42.0 Å². The summed E-state index contributed by atoms with van der Waals surface area (Å²) < 4.78 is 12.6. The third kappa shape index (κ3) is 4.11. The minimum absolute atomic E-state index is 0. The Kier molecular flexibility index (Phi) is 6.88. The number of amides is 1. The summed E-state index contributed by atoms with van der Waals surface area (Å²) in [5, 5.41) is 3.35. The van der Waals surface area contributed by atoms with E-state index >= 15 is 0 Å². The van der Waals surface area contributed by atoms with Gasteiger partial charge in [0.05, 0.1) is 20.6 Å². The second kappa shape index (κ2) is 8.91. The van der Waals surface area contributed by atoms with Crippen LogP contribution in [0.1, 0.15) is 17.4 Å². The van der Waals surface area contributed by atoms with Gasteiger partial charge in [0.2, 0.25) is 5.91 Å². The maximum atomic E-state index is 13.0. The average molecular weight is 381 g/mol. The molecule has 1 atom stereocenters. The van der Waals surface area contributed by atoms with Crippen LogP contribution >= 0.6 is 12.4 Å². The van der Waals surface area contributed by atoms with Crippen LogP contribution in [0.3, 0.4) is 0 Å². The van der Waals surface area contributed by atoms with E-state index < -0.39 is 0 Å². The van der Waals surface area contributed by atoms with Gasteiger partial charge in [-0.25, -0.2) is 4.98 Å². The Morgan fingerprint density at radius 2 is 2.15 bits per heavy atom. The summed E-state index contributed by atoms with van der Waals surface area (Å²) in [6.07, 6.45) is 3.93. The molecular formula is C18H25ClN4O3. The van der Waals surface area contributed by atoms with E-state index in [0.717, 1.165) is 17.9 Å². The summed E-state index contributed by atoms with van der Waals surface area (Å²) in [4.78, 5) is 19.3. The number of methoxy groups -OCH3 is 2. The van der Waals surface area contributed by atoms with Gasteiger partial charge in [-0.15, -0.1) is 12.4 Å². The normalized spacial score (nSPS) is 16.7. The molecule has 1 aliphatic heterocycles. The van der Waals surface area contributed by atoms with Gasteiger partial charge in [0.15, 0.2) is 0 Å². The van der Waals surface area contributed by atoms with Crippen molar-refractivity contribution in [2.75, 3.05) is 33.9 Å². The largest absolute Gasteiger partial charge is 0.497 e. The zero-order valence-electron chi connectivity index (χ0n) is 15.3. The average Bonchev–Trinajstić information content (AvgIpc) is 3.07. The number of nitrogens with zero attached hydrogens (tertiary/aromatic N) is 3. The Morgan fingerprint density at radius 3 is 2.81 bits per heavy atom. The molecule has 1 amide bonds.